The second kappa shape index (κ2) is 10.1. The van der Waals surface area contributed by atoms with E-state index in [1.807, 2.05) is 66.4 Å². The third kappa shape index (κ3) is 6.41. The quantitative estimate of drug-likeness (QED) is 0.426. The number of carbonyl (C=O) groups is 2. The van der Waals surface area contributed by atoms with Crippen LogP contribution in [0.4, 0.5) is 5.69 Å². The number of amides is 2. The van der Waals surface area contributed by atoms with Gasteiger partial charge in [-0.1, -0.05) is 57.5 Å². The molecule has 0 saturated heterocycles. The molecule has 2 aromatic carbocycles. The first kappa shape index (κ1) is 24.8. The SMILES string of the molecule is Cc1ccc(C(=O)N2CCc3oc(-c4cccc(NC(=O)CC(C)CC(C)(C)C)c4)cc3C2)cc1. The van der Waals surface area contributed by atoms with Gasteiger partial charge in [-0.2, -0.15) is 0 Å². The molecule has 1 aliphatic heterocycles. The molecule has 0 fully saturated rings. The summed E-state index contributed by atoms with van der Waals surface area (Å²) in [4.78, 5) is 27.4. The highest BCUT2D eigenvalue weighted by atomic mass is 16.3. The largest absolute Gasteiger partial charge is 0.461 e. The van der Waals surface area contributed by atoms with E-state index in [4.69, 9.17) is 4.42 Å². The van der Waals surface area contributed by atoms with Crippen molar-refractivity contribution < 1.29 is 14.0 Å². The van der Waals surface area contributed by atoms with Crippen LogP contribution >= 0.6 is 0 Å². The fourth-order valence-electron chi connectivity index (χ4n) is 4.92. The Labute approximate surface area is 208 Å². The average Bonchev–Trinajstić information content (AvgIpc) is 3.21. The fourth-order valence-corrected chi connectivity index (χ4v) is 4.92. The maximum atomic E-state index is 13.0. The lowest BCUT2D eigenvalue weighted by atomic mass is 9.84. The van der Waals surface area contributed by atoms with Crippen LogP contribution in [0.15, 0.2) is 59.0 Å². The van der Waals surface area contributed by atoms with Gasteiger partial charge < -0.3 is 14.6 Å². The zero-order valence-corrected chi connectivity index (χ0v) is 21.5. The second-order valence-corrected chi connectivity index (χ2v) is 11.1. The van der Waals surface area contributed by atoms with Crippen LogP contribution in [0.5, 0.6) is 0 Å². The molecule has 1 aromatic heterocycles. The molecule has 4 rings (SSSR count). The van der Waals surface area contributed by atoms with E-state index in [0.29, 0.717) is 37.4 Å². The molecular weight excluding hydrogens is 436 g/mol. The van der Waals surface area contributed by atoms with Crippen LogP contribution in [-0.4, -0.2) is 23.3 Å². The van der Waals surface area contributed by atoms with Gasteiger partial charge in [0.2, 0.25) is 5.91 Å². The Kier molecular flexibility index (Phi) is 7.15. The number of fused-ring (bicyclic) bond motifs is 1. The Hall–Kier alpha value is -3.34. The van der Waals surface area contributed by atoms with E-state index in [0.717, 1.165) is 40.3 Å². The molecule has 1 N–H and O–H groups in total. The average molecular weight is 473 g/mol. The Morgan fingerprint density at radius 2 is 1.83 bits per heavy atom. The fraction of sp³-hybridized carbons (Fsp3) is 0.400. The molecule has 1 aliphatic rings. The maximum Gasteiger partial charge on any atom is 0.254 e. The minimum absolute atomic E-state index is 0.0305. The van der Waals surface area contributed by atoms with Crippen LogP contribution < -0.4 is 5.32 Å². The van der Waals surface area contributed by atoms with E-state index < -0.39 is 0 Å². The molecule has 35 heavy (non-hydrogen) atoms. The number of aryl methyl sites for hydroxylation is 1. The van der Waals surface area contributed by atoms with Gasteiger partial charge in [-0.15, -0.1) is 0 Å². The first-order valence-corrected chi connectivity index (χ1v) is 12.5. The molecular formula is C30H36N2O3. The Bertz CT molecular complexity index is 1200. The van der Waals surface area contributed by atoms with Crippen molar-refractivity contribution in [1.82, 2.24) is 4.90 Å². The third-order valence-electron chi connectivity index (χ3n) is 6.38. The summed E-state index contributed by atoms with van der Waals surface area (Å²) in [7, 11) is 0. The lowest BCUT2D eigenvalue weighted by Crippen LogP contribution is -2.35. The number of hydrogen-bond donors (Lipinski definition) is 1. The molecule has 0 radical (unpaired) electrons. The smallest absolute Gasteiger partial charge is 0.254 e. The summed E-state index contributed by atoms with van der Waals surface area (Å²) in [6.45, 7) is 11.9. The molecule has 0 spiro atoms. The van der Waals surface area contributed by atoms with Crippen molar-refractivity contribution in [2.24, 2.45) is 11.3 Å². The lowest BCUT2D eigenvalue weighted by molar-refractivity contribution is -0.117. The van der Waals surface area contributed by atoms with Crippen LogP contribution in [0, 0.1) is 18.3 Å². The monoisotopic (exact) mass is 472 g/mol. The van der Waals surface area contributed by atoms with Crippen LogP contribution in [-0.2, 0) is 17.8 Å². The summed E-state index contributed by atoms with van der Waals surface area (Å²) in [6.07, 6.45) is 2.19. The van der Waals surface area contributed by atoms with Crippen molar-refractivity contribution in [3.63, 3.8) is 0 Å². The molecule has 0 aliphatic carbocycles. The summed E-state index contributed by atoms with van der Waals surface area (Å²) in [5.41, 5.74) is 4.77. The first-order chi connectivity index (χ1) is 16.6. The van der Waals surface area contributed by atoms with Gasteiger partial charge in [0.25, 0.3) is 5.91 Å². The highest BCUT2D eigenvalue weighted by molar-refractivity contribution is 5.94. The number of anilines is 1. The van der Waals surface area contributed by atoms with E-state index >= 15 is 0 Å². The van der Waals surface area contributed by atoms with Crippen LogP contribution in [0.25, 0.3) is 11.3 Å². The van der Waals surface area contributed by atoms with Crippen molar-refractivity contribution in [3.8, 4) is 11.3 Å². The lowest BCUT2D eigenvalue weighted by Gasteiger charge is -2.26. The molecule has 2 amide bonds. The van der Waals surface area contributed by atoms with Crippen LogP contribution in [0.3, 0.4) is 0 Å². The minimum Gasteiger partial charge on any atom is -0.461 e. The molecule has 0 saturated carbocycles. The van der Waals surface area contributed by atoms with Crippen molar-refractivity contribution >= 4 is 17.5 Å². The van der Waals surface area contributed by atoms with Crippen molar-refractivity contribution in [3.05, 3.63) is 77.0 Å². The van der Waals surface area contributed by atoms with Gasteiger partial charge in [-0.25, -0.2) is 0 Å². The summed E-state index contributed by atoms with van der Waals surface area (Å²) in [6, 6.07) is 17.5. The van der Waals surface area contributed by atoms with E-state index in [1.165, 1.54) is 0 Å². The van der Waals surface area contributed by atoms with Gasteiger partial charge in [0.15, 0.2) is 0 Å². The maximum absolute atomic E-state index is 13.0. The summed E-state index contributed by atoms with van der Waals surface area (Å²) < 4.78 is 6.17. The van der Waals surface area contributed by atoms with Crippen molar-refractivity contribution in [2.75, 3.05) is 11.9 Å². The number of nitrogens with one attached hydrogen (secondary N) is 1. The molecule has 1 unspecified atom stereocenters. The number of furan rings is 1. The minimum atomic E-state index is 0.0305. The van der Waals surface area contributed by atoms with E-state index in [2.05, 4.69) is 33.0 Å². The highest BCUT2D eigenvalue weighted by Gasteiger charge is 2.25. The molecule has 3 aromatic rings. The Morgan fingerprint density at radius 1 is 1.09 bits per heavy atom. The predicted octanol–water partition coefficient (Wildman–Crippen LogP) is 6.85. The molecule has 2 heterocycles. The topological polar surface area (TPSA) is 62.6 Å². The zero-order valence-electron chi connectivity index (χ0n) is 21.5. The Balaban J connectivity index is 1.42. The molecule has 5 heteroatoms. The number of hydrogen-bond acceptors (Lipinski definition) is 3. The second-order valence-electron chi connectivity index (χ2n) is 11.1. The van der Waals surface area contributed by atoms with Gasteiger partial charge in [0.1, 0.15) is 11.5 Å². The van der Waals surface area contributed by atoms with Crippen LogP contribution in [0.1, 0.15) is 67.8 Å². The molecule has 5 nitrogen and oxygen atoms in total. The number of carbonyl (C=O) groups excluding carboxylic acids is 2. The van der Waals surface area contributed by atoms with Crippen LogP contribution in [0.2, 0.25) is 0 Å². The molecule has 184 valence electrons. The third-order valence-corrected chi connectivity index (χ3v) is 6.38. The molecule has 0 bridgehead atoms. The highest BCUT2D eigenvalue weighted by Crippen LogP contribution is 2.32. The summed E-state index contributed by atoms with van der Waals surface area (Å²) in [5, 5.41) is 3.04. The van der Waals surface area contributed by atoms with E-state index in [-0.39, 0.29) is 17.2 Å². The van der Waals surface area contributed by atoms with Crippen molar-refractivity contribution in [1.29, 1.82) is 0 Å². The number of rotatable bonds is 6. The predicted molar refractivity (Wildman–Crippen MR) is 140 cm³/mol. The van der Waals surface area contributed by atoms with E-state index in [1.54, 1.807) is 0 Å². The summed E-state index contributed by atoms with van der Waals surface area (Å²) >= 11 is 0. The van der Waals surface area contributed by atoms with Gasteiger partial charge >= 0.3 is 0 Å². The standard InChI is InChI=1S/C30H36N2O3/c1-20-9-11-22(12-10-20)29(34)32-14-13-26-24(19-32)17-27(35-26)23-7-6-8-25(16-23)31-28(33)15-21(2)18-30(3,4)5/h6-12,16-17,21H,13-15,18-19H2,1-5H3,(H,31,33). The normalized spacial score (nSPS) is 14.4. The molecule has 1 atom stereocenters. The van der Waals surface area contributed by atoms with Gasteiger partial charge in [0.05, 0.1) is 0 Å². The van der Waals surface area contributed by atoms with Crippen molar-refractivity contribution in [2.45, 2.75) is 60.4 Å². The van der Waals surface area contributed by atoms with Gasteiger partial charge in [-0.05, 0) is 55.0 Å². The van der Waals surface area contributed by atoms with E-state index in [9.17, 15) is 9.59 Å². The Morgan fingerprint density at radius 3 is 2.54 bits per heavy atom. The number of nitrogens with zero attached hydrogens (tertiary/aromatic N) is 1. The summed E-state index contributed by atoms with van der Waals surface area (Å²) in [5.74, 6) is 2.09. The van der Waals surface area contributed by atoms with Gasteiger partial charge in [0, 0.05) is 48.3 Å². The number of benzene rings is 2. The van der Waals surface area contributed by atoms with Gasteiger partial charge in [-0.3, -0.25) is 9.59 Å². The first-order valence-electron chi connectivity index (χ1n) is 12.5. The zero-order chi connectivity index (χ0) is 25.2.